The van der Waals surface area contributed by atoms with Gasteiger partial charge in [0.25, 0.3) is 11.8 Å². The monoisotopic (exact) mass is 397 g/mol. The molecule has 3 heterocycles. The summed E-state index contributed by atoms with van der Waals surface area (Å²) in [4.78, 5) is 32.1. The van der Waals surface area contributed by atoms with E-state index in [1.54, 1.807) is 17.9 Å². The maximum atomic E-state index is 12.8. The maximum Gasteiger partial charge on any atom is 0.263 e. The lowest BCUT2D eigenvalue weighted by molar-refractivity contribution is -0.138. The zero-order chi connectivity index (χ0) is 19.5. The zero-order valence-corrected chi connectivity index (χ0v) is 16.1. The molecule has 0 bridgehead atoms. The van der Waals surface area contributed by atoms with Gasteiger partial charge in [-0.15, -0.1) is 0 Å². The summed E-state index contributed by atoms with van der Waals surface area (Å²) >= 11 is 1.39. The molecule has 1 aliphatic heterocycles. The molecule has 3 aromatic rings. The summed E-state index contributed by atoms with van der Waals surface area (Å²) in [5.41, 5.74) is 1.37. The molecule has 7 nitrogen and oxygen atoms in total. The standard InChI is InChI=1S/C20H19N3O4S/c1-13(27-15-5-3-2-4-6-15)19(25)23-9-7-16-17(11-23)28-20(21-16)22-18(24)14-8-10-26-12-14/h2-6,8,10,12-13H,7,9,11H2,1H3,(H,21,22,24). The normalized spacial score (nSPS) is 14.2. The molecule has 1 atom stereocenters. The third-order valence-electron chi connectivity index (χ3n) is 4.45. The van der Waals surface area contributed by atoms with Crippen molar-refractivity contribution in [3.63, 3.8) is 0 Å². The predicted molar refractivity (Wildman–Crippen MR) is 104 cm³/mol. The van der Waals surface area contributed by atoms with E-state index in [2.05, 4.69) is 10.3 Å². The lowest BCUT2D eigenvalue weighted by Gasteiger charge is -2.28. The largest absolute Gasteiger partial charge is 0.481 e. The van der Waals surface area contributed by atoms with Gasteiger partial charge in [-0.05, 0) is 25.1 Å². The Bertz CT molecular complexity index is 969. The van der Waals surface area contributed by atoms with Crippen LogP contribution in [0.3, 0.4) is 0 Å². The van der Waals surface area contributed by atoms with Crippen LogP contribution in [0.2, 0.25) is 0 Å². The predicted octanol–water partition coefficient (Wildman–Crippen LogP) is 3.34. The van der Waals surface area contributed by atoms with Crippen molar-refractivity contribution in [3.05, 3.63) is 65.1 Å². The van der Waals surface area contributed by atoms with Gasteiger partial charge in [-0.2, -0.15) is 0 Å². The molecule has 1 N–H and O–H groups in total. The van der Waals surface area contributed by atoms with Crippen molar-refractivity contribution in [2.24, 2.45) is 0 Å². The number of hydrogen-bond acceptors (Lipinski definition) is 6. The van der Waals surface area contributed by atoms with Gasteiger partial charge in [0, 0.05) is 17.8 Å². The Morgan fingerprint density at radius 3 is 2.86 bits per heavy atom. The molecule has 0 spiro atoms. The van der Waals surface area contributed by atoms with Crippen LogP contribution in [-0.4, -0.2) is 34.3 Å². The van der Waals surface area contributed by atoms with Gasteiger partial charge < -0.3 is 14.1 Å². The highest BCUT2D eigenvalue weighted by atomic mass is 32.1. The summed E-state index contributed by atoms with van der Waals surface area (Å²) < 4.78 is 10.7. The summed E-state index contributed by atoms with van der Waals surface area (Å²) in [6.07, 6.45) is 2.91. The van der Waals surface area contributed by atoms with E-state index in [0.29, 0.717) is 36.0 Å². The van der Waals surface area contributed by atoms with Crippen LogP contribution in [0.1, 0.15) is 27.9 Å². The summed E-state index contributed by atoms with van der Waals surface area (Å²) in [6, 6.07) is 10.9. The van der Waals surface area contributed by atoms with Crippen LogP contribution >= 0.6 is 11.3 Å². The fourth-order valence-corrected chi connectivity index (χ4v) is 4.03. The van der Waals surface area contributed by atoms with Gasteiger partial charge in [-0.3, -0.25) is 14.9 Å². The highest BCUT2D eigenvalue weighted by Gasteiger charge is 2.28. The van der Waals surface area contributed by atoms with E-state index in [-0.39, 0.29) is 11.8 Å². The molecule has 2 amide bonds. The lowest BCUT2D eigenvalue weighted by Crippen LogP contribution is -2.42. The van der Waals surface area contributed by atoms with Crippen molar-refractivity contribution in [2.75, 3.05) is 11.9 Å². The van der Waals surface area contributed by atoms with E-state index < -0.39 is 6.10 Å². The number of nitrogens with one attached hydrogen (secondary N) is 1. The molecule has 2 aromatic heterocycles. The minimum absolute atomic E-state index is 0.0631. The average Bonchev–Trinajstić information content (AvgIpc) is 3.37. The number of anilines is 1. The minimum atomic E-state index is -0.572. The molecular formula is C20H19N3O4S. The number of rotatable bonds is 5. The van der Waals surface area contributed by atoms with E-state index in [9.17, 15) is 9.59 Å². The number of carbonyl (C=O) groups excluding carboxylic acids is 2. The third-order valence-corrected chi connectivity index (χ3v) is 5.45. The van der Waals surface area contributed by atoms with Gasteiger partial charge in [0.15, 0.2) is 11.2 Å². The molecule has 28 heavy (non-hydrogen) atoms. The van der Waals surface area contributed by atoms with Gasteiger partial charge in [0.2, 0.25) is 0 Å². The Labute approximate surface area is 165 Å². The maximum absolute atomic E-state index is 12.8. The molecule has 1 unspecified atom stereocenters. The van der Waals surface area contributed by atoms with Gasteiger partial charge in [0.05, 0.1) is 24.1 Å². The molecule has 0 saturated heterocycles. The minimum Gasteiger partial charge on any atom is -0.481 e. The molecule has 0 fully saturated rings. The van der Waals surface area contributed by atoms with Crippen molar-refractivity contribution in [3.8, 4) is 5.75 Å². The quantitative estimate of drug-likeness (QED) is 0.714. The van der Waals surface area contributed by atoms with E-state index in [4.69, 9.17) is 9.15 Å². The first-order valence-corrected chi connectivity index (χ1v) is 9.74. The number of carbonyl (C=O) groups is 2. The van der Waals surface area contributed by atoms with E-state index >= 15 is 0 Å². The van der Waals surface area contributed by atoms with Crippen LogP contribution in [0.15, 0.2) is 53.3 Å². The number of hydrogen-bond donors (Lipinski definition) is 1. The summed E-state index contributed by atoms with van der Waals surface area (Å²) in [5.74, 6) is 0.340. The second-order valence-electron chi connectivity index (χ2n) is 6.44. The van der Waals surface area contributed by atoms with Crippen LogP contribution in [0.25, 0.3) is 0 Å². The Hall–Kier alpha value is -3.13. The topological polar surface area (TPSA) is 84.7 Å². The van der Waals surface area contributed by atoms with Gasteiger partial charge in [-0.1, -0.05) is 29.5 Å². The molecule has 0 saturated carbocycles. The lowest BCUT2D eigenvalue weighted by atomic mass is 10.1. The Morgan fingerprint density at radius 2 is 2.11 bits per heavy atom. The highest BCUT2D eigenvalue weighted by molar-refractivity contribution is 7.15. The van der Waals surface area contributed by atoms with Crippen LogP contribution < -0.4 is 10.1 Å². The first kappa shape index (κ1) is 18.2. The molecule has 144 valence electrons. The SMILES string of the molecule is CC(Oc1ccccc1)C(=O)N1CCc2nc(NC(=O)c3ccoc3)sc2C1. The Balaban J connectivity index is 1.39. The number of furan rings is 1. The number of fused-ring (bicyclic) bond motifs is 1. The van der Waals surface area contributed by atoms with Crippen LogP contribution in [0.5, 0.6) is 5.75 Å². The molecular weight excluding hydrogens is 378 g/mol. The second-order valence-corrected chi connectivity index (χ2v) is 7.52. The Morgan fingerprint density at radius 1 is 1.29 bits per heavy atom. The number of para-hydroxylation sites is 1. The molecule has 1 aromatic carbocycles. The summed E-state index contributed by atoms with van der Waals surface area (Å²) in [5, 5.41) is 3.31. The number of aromatic nitrogens is 1. The number of ether oxygens (including phenoxy) is 1. The van der Waals surface area contributed by atoms with Crippen LogP contribution in [-0.2, 0) is 17.8 Å². The number of thiazole rings is 1. The summed E-state index contributed by atoms with van der Waals surface area (Å²) in [6.45, 7) is 2.80. The third kappa shape index (κ3) is 3.91. The molecule has 8 heteroatoms. The first-order valence-electron chi connectivity index (χ1n) is 8.93. The smallest absolute Gasteiger partial charge is 0.263 e. The number of benzene rings is 1. The molecule has 0 radical (unpaired) electrons. The van der Waals surface area contributed by atoms with Gasteiger partial charge in [-0.25, -0.2) is 4.98 Å². The van der Waals surface area contributed by atoms with Crippen LogP contribution in [0, 0.1) is 0 Å². The second kappa shape index (κ2) is 7.85. The van der Waals surface area contributed by atoms with Crippen molar-refractivity contribution in [2.45, 2.75) is 26.0 Å². The van der Waals surface area contributed by atoms with Crippen molar-refractivity contribution >= 4 is 28.3 Å². The first-order chi connectivity index (χ1) is 13.6. The van der Waals surface area contributed by atoms with E-state index in [0.717, 1.165) is 10.6 Å². The molecule has 1 aliphatic rings. The average molecular weight is 397 g/mol. The zero-order valence-electron chi connectivity index (χ0n) is 15.3. The highest BCUT2D eigenvalue weighted by Crippen LogP contribution is 2.29. The van der Waals surface area contributed by atoms with E-state index in [1.165, 1.54) is 23.9 Å². The fourth-order valence-electron chi connectivity index (χ4n) is 3.01. The van der Waals surface area contributed by atoms with E-state index in [1.807, 2.05) is 30.3 Å². The number of amides is 2. The van der Waals surface area contributed by atoms with Crippen molar-refractivity contribution in [1.82, 2.24) is 9.88 Å². The van der Waals surface area contributed by atoms with Crippen molar-refractivity contribution in [1.29, 1.82) is 0 Å². The molecule has 4 rings (SSSR count). The van der Waals surface area contributed by atoms with Gasteiger partial charge in [0.1, 0.15) is 12.0 Å². The Kier molecular flexibility index (Phi) is 5.12. The fraction of sp³-hybridized carbons (Fsp3) is 0.250. The van der Waals surface area contributed by atoms with Gasteiger partial charge >= 0.3 is 0 Å². The summed E-state index contributed by atoms with van der Waals surface area (Å²) in [7, 11) is 0. The van der Waals surface area contributed by atoms with Crippen LogP contribution in [0.4, 0.5) is 5.13 Å². The number of nitrogens with zero attached hydrogens (tertiary/aromatic N) is 2. The molecule has 0 aliphatic carbocycles. The van der Waals surface area contributed by atoms with Crippen molar-refractivity contribution < 1.29 is 18.7 Å².